The van der Waals surface area contributed by atoms with Crippen molar-refractivity contribution in [2.75, 3.05) is 33.4 Å². The summed E-state index contributed by atoms with van der Waals surface area (Å²) in [6, 6.07) is 4.71. The van der Waals surface area contributed by atoms with E-state index < -0.39 is 41.8 Å². The van der Waals surface area contributed by atoms with Gasteiger partial charge in [-0.15, -0.1) is 0 Å². The molecule has 5 atom stereocenters. The molecule has 4 rings (SSSR count). The number of rotatable bonds is 12. The molecular formula is C36H56N6O7. The summed E-state index contributed by atoms with van der Waals surface area (Å²) in [6.07, 6.45) is 6.61. The summed E-state index contributed by atoms with van der Waals surface area (Å²) < 4.78 is 10.8. The molecule has 13 heteroatoms. The third kappa shape index (κ3) is 10.4. The van der Waals surface area contributed by atoms with E-state index >= 15 is 0 Å². The van der Waals surface area contributed by atoms with Gasteiger partial charge in [-0.3, -0.25) is 24.1 Å². The molecule has 0 unspecified atom stereocenters. The number of fused-ring (bicyclic) bond motifs is 1. The second kappa shape index (κ2) is 17.3. The topological polar surface area (TPSA) is 172 Å². The first-order valence-corrected chi connectivity index (χ1v) is 17.8. The molecule has 0 radical (unpaired) electrons. The van der Waals surface area contributed by atoms with E-state index in [9.17, 15) is 24.0 Å². The number of nitrogens with zero attached hydrogens (tertiary/aromatic N) is 2. The van der Waals surface area contributed by atoms with Crippen LogP contribution in [0.2, 0.25) is 0 Å². The van der Waals surface area contributed by atoms with E-state index in [2.05, 4.69) is 22.0 Å². The monoisotopic (exact) mass is 684 g/mol. The van der Waals surface area contributed by atoms with Gasteiger partial charge < -0.3 is 36.1 Å². The lowest BCUT2D eigenvalue weighted by atomic mass is 9.83. The minimum absolute atomic E-state index is 0.104. The number of ether oxygens (including phenoxy) is 2. The van der Waals surface area contributed by atoms with Crippen LogP contribution in [0.25, 0.3) is 0 Å². The zero-order chi connectivity index (χ0) is 35.7. The van der Waals surface area contributed by atoms with Crippen molar-refractivity contribution in [3.05, 3.63) is 35.4 Å². The Bertz CT molecular complexity index is 1330. The maximum atomic E-state index is 14.6. The highest BCUT2D eigenvalue weighted by Gasteiger charge is 2.45. The van der Waals surface area contributed by atoms with Gasteiger partial charge in [-0.25, -0.2) is 4.79 Å². The highest BCUT2D eigenvalue weighted by Crippen LogP contribution is 2.32. The molecule has 0 bridgehead atoms. The van der Waals surface area contributed by atoms with Crippen molar-refractivity contribution in [3.63, 3.8) is 0 Å². The Labute approximate surface area is 290 Å². The van der Waals surface area contributed by atoms with Crippen LogP contribution in [0.1, 0.15) is 96.2 Å². The van der Waals surface area contributed by atoms with Gasteiger partial charge >= 0.3 is 6.09 Å². The molecule has 5 N–H and O–H groups in total. The summed E-state index contributed by atoms with van der Waals surface area (Å²) in [4.78, 5) is 70.6. The van der Waals surface area contributed by atoms with Gasteiger partial charge in [-0.05, 0) is 83.3 Å². The van der Waals surface area contributed by atoms with E-state index in [1.165, 1.54) is 22.4 Å². The van der Waals surface area contributed by atoms with E-state index in [0.29, 0.717) is 0 Å². The Kier molecular flexibility index (Phi) is 13.4. The van der Waals surface area contributed by atoms with Gasteiger partial charge in [-0.1, -0.05) is 43.5 Å². The minimum Gasteiger partial charge on any atom is -0.444 e. The maximum absolute atomic E-state index is 14.6. The van der Waals surface area contributed by atoms with E-state index in [-0.39, 0.29) is 62.4 Å². The number of aryl methyl sites for hydroxylation is 1. The van der Waals surface area contributed by atoms with Crippen molar-refractivity contribution in [3.8, 4) is 0 Å². The molecule has 1 saturated carbocycles. The van der Waals surface area contributed by atoms with Crippen molar-refractivity contribution in [1.82, 2.24) is 25.8 Å². The van der Waals surface area contributed by atoms with Crippen LogP contribution in [0.4, 0.5) is 4.79 Å². The Hall–Kier alpha value is -3.71. The van der Waals surface area contributed by atoms with Gasteiger partial charge in [-0.2, -0.15) is 0 Å². The van der Waals surface area contributed by atoms with E-state index in [1.54, 1.807) is 27.7 Å². The molecule has 49 heavy (non-hydrogen) atoms. The van der Waals surface area contributed by atoms with Crippen LogP contribution < -0.4 is 21.7 Å². The number of nitrogens with two attached hydrogens (primary N) is 1. The molecule has 0 spiro atoms. The Balaban J connectivity index is 1.56. The SMILES string of the molecule is C[C@@H](C(=O)N[C@H](C(=O)N1C[C@@H](NC(=O)COCCN)C[C@H]1C(=O)N[C@@H]1CCCc2ccccc21)C1CCCCC1)N(C)C(=O)OC(C)(C)C. The van der Waals surface area contributed by atoms with Crippen LogP contribution in [0.15, 0.2) is 24.3 Å². The molecule has 2 fully saturated rings. The zero-order valence-corrected chi connectivity index (χ0v) is 29.8. The molecule has 1 aliphatic heterocycles. The number of likely N-dealkylation sites (tertiary alicyclic amines) is 1. The van der Waals surface area contributed by atoms with Crippen LogP contribution in [0, 0.1) is 5.92 Å². The van der Waals surface area contributed by atoms with Crippen LogP contribution >= 0.6 is 0 Å². The van der Waals surface area contributed by atoms with Crippen molar-refractivity contribution in [1.29, 1.82) is 0 Å². The number of carbonyl (C=O) groups is 5. The van der Waals surface area contributed by atoms with Gasteiger partial charge in [0.2, 0.25) is 23.6 Å². The van der Waals surface area contributed by atoms with Crippen molar-refractivity contribution >= 4 is 29.7 Å². The molecule has 5 amide bonds. The maximum Gasteiger partial charge on any atom is 0.410 e. The predicted molar refractivity (Wildman–Crippen MR) is 184 cm³/mol. The fourth-order valence-corrected chi connectivity index (χ4v) is 7.09. The van der Waals surface area contributed by atoms with Crippen LogP contribution in [-0.2, 0) is 35.1 Å². The summed E-state index contributed by atoms with van der Waals surface area (Å²) in [7, 11) is 1.49. The van der Waals surface area contributed by atoms with Gasteiger partial charge in [0.15, 0.2) is 0 Å². The fourth-order valence-electron chi connectivity index (χ4n) is 7.09. The van der Waals surface area contributed by atoms with Gasteiger partial charge in [0, 0.05) is 26.2 Å². The number of benzene rings is 1. The Morgan fingerprint density at radius 2 is 1.73 bits per heavy atom. The summed E-state index contributed by atoms with van der Waals surface area (Å²) in [5.74, 6) is -1.65. The second-order valence-electron chi connectivity index (χ2n) is 14.7. The van der Waals surface area contributed by atoms with Gasteiger partial charge in [0.25, 0.3) is 0 Å². The van der Waals surface area contributed by atoms with E-state index in [4.69, 9.17) is 15.2 Å². The molecule has 13 nitrogen and oxygen atoms in total. The molecular weight excluding hydrogens is 628 g/mol. The van der Waals surface area contributed by atoms with E-state index in [1.807, 2.05) is 18.2 Å². The lowest BCUT2D eigenvalue weighted by Crippen LogP contribution is -2.59. The third-order valence-electron chi connectivity index (χ3n) is 9.76. The zero-order valence-electron chi connectivity index (χ0n) is 29.8. The second-order valence-corrected chi connectivity index (χ2v) is 14.7. The average Bonchev–Trinajstić information content (AvgIpc) is 3.49. The van der Waals surface area contributed by atoms with Crippen LogP contribution in [-0.4, -0.2) is 103 Å². The molecule has 3 aliphatic rings. The van der Waals surface area contributed by atoms with Crippen LogP contribution in [0.5, 0.6) is 0 Å². The van der Waals surface area contributed by atoms with Gasteiger partial charge in [0.05, 0.1) is 12.6 Å². The van der Waals surface area contributed by atoms with Crippen molar-refractivity contribution < 1.29 is 33.4 Å². The molecule has 0 aromatic heterocycles. The van der Waals surface area contributed by atoms with Gasteiger partial charge in [0.1, 0.15) is 30.3 Å². The molecule has 1 aromatic rings. The standard InChI is InChI=1S/C36H56N6O7/c1-23(41(5)35(47)49-36(2,3)4)32(44)40-31(25-13-7-6-8-14-25)34(46)42-21-26(38-30(43)22-48-19-18-37)20-29(42)33(45)39-28-17-11-15-24-12-9-10-16-27(24)28/h9-10,12,16,23,25-26,28-29,31H,6-8,11,13-15,17-22,37H2,1-5H3,(H,38,43)(H,39,45)(H,40,44)/t23-,26-,28+,29-,31-/m0/s1. The smallest absolute Gasteiger partial charge is 0.410 e. The van der Waals surface area contributed by atoms with E-state index in [0.717, 1.165) is 56.9 Å². The number of nitrogens with one attached hydrogen (secondary N) is 3. The molecule has 1 saturated heterocycles. The lowest BCUT2D eigenvalue weighted by molar-refractivity contribution is -0.143. The highest BCUT2D eigenvalue weighted by molar-refractivity contribution is 5.94. The first-order valence-electron chi connectivity index (χ1n) is 17.8. The third-order valence-corrected chi connectivity index (χ3v) is 9.76. The highest BCUT2D eigenvalue weighted by atomic mass is 16.6. The fraction of sp³-hybridized carbons (Fsp3) is 0.694. The lowest BCUT2D eigenvalue weighted by Gasteiger charge is -2.36. The number of hydrogen-bond donors (Lipinski definition) is 4. The summed E-state index contributed by atoms with van der Waals surface area (Å²) >= 11 is 0. The summed E-state index contributed by atoms with van der Waals surface area (Å²) in [5.41, 5.74) is 7.02. The first kappa shape index (κ1) is 38.1. The van der Waals surface area contributed by atoms with Crippen molar-refractivity contribution in [2.24, 2.45) is 11.7 Å². The quantitative estimate of drug-likeness (QED) is 0.243. The average molecular weight is 685 g/mol. The van der Waals surface area contributed by atoms with Crippen LogP contribution in [0.3, 0.4) is 0 Å². The minimum atomic E-state index is -0.918. The number of likely N-dealkylation sites (N-methyl/N-ethyl adjacent to an activating group) is 1. The normalized spacial score (nSPS) is 22.3. The van der Waals surface area contributed by atoms with Crippen molar-refractivity contribution in [2.45, 2.75) is 121 Å². The summed E-state index contributed by atoms with van der Waals surface area (Å²) in [5, 5.41) is 9.11. The predicted octanol–water partition coefficient (Wildman–Crippen LogP) is 2.56. The summed E-state index contributed by atoms with van der Waals surface area (Å²) in [6.45, 7) is 7.29. The molecule has 1 heterocycles. The Morgan fingerprint density at radius 3 is 2.43 bits per heavy atom. The number of hydrogen-bond acceptors (Lipinski definition) is 8. The Morgan fingerprint density at radius 1 is 1.02 bits per heavy atom. The first-order chi connectivity index (χ1) is 23.3. The largest absolute Gasteiger partial charge is 0.444 e. The molecule has 2 aliphatic carbocycles. The molecule has 1 aromatic carbocycles. The number of carbonyl (C=O) groups excluding carboxylic acids is 5. The number of amides is 5. The molecule has 272 valence electrons.